The van der Waals surface area contributed by atoms with Gasteiger partial charge in [0.2, 0.25) is 0 Å². The number of benzene rings is 1. The monoisotopic (exact) mass is 334 g/mol. The maximum Gasteiger partial charge on any atom is 0.0618 e. The van der Waals surface area contributed by atoms with E-state index >= 15 is 0 Å². The zero-order valence-corrected chi connectivity index (χ0v) is 16.7. The van der Waals surface area contributed by atoms with E-state index in [-0.39, 0.29) is 37.7 Å². The number of hydrogen-bond donors (Lipinski definition) is 0. The molecular weight excluding hydrogens is 304 g/mol. The third-order valence-corrected chi connectivity index (χ3v) is 4.23. The third kappa shape index (κ3) is 14.1. The predicted octanol–water partition coefficient (Wildman–Crippen LogP) is 6.25. The smallest absolute Gasteiger partial charge is 0.0618 e. The summed E-state index contributed by atoms with van der Waals surface area (Å²) in [5, 5.41) is 0. The van der Waals surface area contributed by atoms with Crippen LogP contribution in [0.25, 0.3) is 0 Å². The second-order valence-corrected chi connectivity index (χ2v) is 6.27. The Kier molecular flexibility index (Phi) is 17.8. The predicted molar refractivity (Wildman–Crippen MR) is 95.8 cm³/mol. The molecule has 0 aliphatic heterocycles. The molecule has 0 atom stereocenters. The van der Waals surface area contributed by atoms with E-state index < -0.39 is 0 Å². The molecule has 3 heteroatoms. The number of unbranched alkanes of at least 4 members (excludes halogenated alkanes) is 9. The Morgan fingerprint density at radius 2 is 1.29 bits per heavy atom. The molecule has 1 aromatic carbocycles. The SMILES string of the molecule is CCCCCCCCCCCCOSc1ccccc1.[Ca]. The van der Waals surface area contributed by atoms with Crippen LogP contribution in [0, 0.1) is 0 Å². The minimum atomic E-state index is 0. The van der Waals surface area contributed by atoms with Crippen molar-refractivity contribution in [1.82, 2.24) is 0 Å². The van der Waals surface area contributed by atoms with E-state index in [1.54, 1.807) is 0 Å². The molecule has 0 saturated heterocycles. The normalized spacial score (nSPS) is 10.3. The fourth-order valence-electron chi connectivity index (χ4n) is 2.23. The Bertz CT molecular complexity index is 305. The van der Waals surface area contributed by atoms with E-state index in [9.17, 15) is 0 Å². The van der Waals surface area contributed by atoms with E-state index in [0.29, 0.717) is 0 Å². The molecule has 2 radical (unpaired) electrons. The van der Waals surface area contributed by atoms with Crippen molar-refractivity contribution in [2.75, 3.05) is 6.61 Å². The fraction of sp³-hybridized carbons (Fsp3) is 0.667. The molecule has 1 nitrogen and oxygen atoms in total. The third-order valence-electron chi connectivity index (χ3n) is 3.48. The average molecular weight is 335 g/mol. The van der Waals surface area contributed by atoms with Crippen molar-refractivity contribution >= 4 is 49.8 Å². The molecule has 0 saturated carbocycles. The standard InChI is InChI=1S/C18H30OS.Ca/c1-2-3-4-5-6-7-8-9-10-14-17-19-20-18-15-12-11-13-16-18;/h11-13,15-16H,2-10,14,17H2,1H3;. The Balaban J connectivity index is 0.00000400. The summed E-state index contributed by atoms with van der Waals surface area (Å²) in [5.74, 6) is 0. The van der Waals surface area contributed by atoms with Crippen molar-refractivity contribution in [1.29, 1.82) is 0 Å². The van der Waals surface area contributed by atoms with Gasteiger partial charge >= 0.3 is 0 Å². The molecule has 0 amide bonds. The fourth-order valence-corrected chi connectivity index (χ4v) is 2.84. The Labute approximate surface area is 165 Å². The van der Waals surface area contributed by atoms with Gasteiger partial charge in [0.15, 0.2) is 0 Å². The molecule has 0 aromatic heterocycles. The van der Waals surface area contributed by atoms with Crippen LogP contribution in [0.3, 0.4) is 0 Å². The first-order valence-corrected chi connectivity index (χ1v) is 9.02. The van der Waals surface area contributed by atoms with Gasteiger partial charge < -0.3 is 4.18 Å². The van der Waals surface area contributed by atoms with Crippen molar-refractivity contribution < 1.29 is 4.18 Å². The summed E-state index contributed by atoms with van der Waals surface area (Å²) in [4.78, 5) is 1.19. The Hall–Kier alpha value is 0.790. The largest absolute Gasteiger partial charge is 0.310 e. The number of rotatable bonds is 13. The quantitative estimate of drug-likeness (QED) is 0.239. The van der Waals surface area contributed by atoms with Crippen LogP contribution in [0.15, 0.2) is 35.2 Å². The van der Waals surface area contributed by atoms with E-state index in [1.165, 1.54) is 81.1 Å². The van der Waals surface area contributed by atoms with Gasteiger partial charge in [0.1, 0.15) is 0 Å². The van der Waals surface area contributed by atoms with Crippen LogP contribution < -0.4 is 0 Å². The van der Waals surface area contributed by atoms with E-state index in [0.717, 1.165) is 6.61 Å². The van der Waals surface area contributed by atoms with Gasteiger partial charge in [-0.25, -0.2) is 0 Å². The first kappa shape index (κ1) is 21.8. The van der Waals surface area contributed by atoms with Crippen LogP contribution in [0.1, 0.15) is 71.1 Å². The molecule has 0 spiro atoms. The summed E-state index contributed by atoms with van der Waals surface area (Å²) in [5.41, 5.74) is 0. The maximum atomic E-state index is 5.61. The van der Waals surface area contributed by atoms with Crippen molar-refractivity contribution in [3.05, 3.63) is 30.3 Å². The molecule has 0 N–H and O–H groups in total. The molecule has 0 fully saturated rings. The molecule has 1 rings (SSSR count). The van der Waals surface area contributed by atoms with Crippen LogP contribution in [-0.2, 0) is 4.18 Å². The molecule has 116 valence electrons. The second kappa shape index (κ2) is 17.1. The zero-order valence-electron chi connectivity index (χ0n) is 13.7. The van der Waals surface area contributed by atoms with Crippen LogP contribution in [0.2, 0.25) is 0 Å². The zero-order chi connectivity index (χ0) is 14.3. The maximum absolute atomic E-state index is 5.61. The molecular formula is C18H30CaOS. The van der Waals surface area contributed by atoms with Gasteiger partial charge in [0, 0.05) is 54.7 Å². The Morgan fingerprint density at radius 1 is 0.762 bits per heavy atom. The molecule has 0 aliphatic rings. The van der Waals surface area contributed by atoms with Gasteiger partial charge in [-0.2, -0.15) is 0 Å². The summed E-state index contributed by atoms with van der Waals surface area (Å²) < 4.78 is 5.61. The minimum Gasteiger partial charge on any atom is -0.310 e. The van der Waals surface area contributed by atoms with Crippen LogP contribution in [0.5, 0.6) is 0 Å². The van der Waals surface area contributed by atoms with Crippen LogP contribution in [0.4, 0.5) is 0 Å². The Morgan fingerprint density at radius 3 is 1.86 bits per heavy atom. The van der Waals surface area contributed by atoms with E-state index in [4.69, 9.17) is 4.18 Å². The summed E-state index contributed by atoms with van der Waals surface area (Å²) in [6.07, 6.45) is 13.7. The molecule has 0 aliphatic carbocycles. The molecule has 0 unspecified atom stereocenters. The van der Waals surface area contributed by atoms with E-state index in [1.807, 2.05) is 18.2 Å². The summed E-state index contributed by atoms with van der Waals surface area (Å²) in [7, 11) is 0. The molecule has 1 aromatic rings. The van der Waals surface area contributed by atoms with Crippen molar-refractivity contribution in [2.45, 2.75) is 76.0 Å². The van der Waals surface area contributed by atoms with Gasteiger partial charge in [-0.1, -0.05) is 82.9 Å². The van der Waals surface area contributed by atoms with Gasteiger partial charge in [-0.3, -0.25) is 0 Å². The van der Waals surface area contributed by atoms with Gasteiger partial charge in [0.25, 0.3) is 0 Å². The van der Waals surface area contributed by atoms with Gasteiger partial charge in [-0.05, 0) is 18.6 Å². The van der Waals surface area contributed by atoms with Crippen LogP contribution >= 0.6 is 12.0 Å². The summed E-state index contributed by atoms with van der Waals surface area (Å²) in [6, 6.07) is 10.3. The first-order chi connectivity index (χ1) is 9.93. The topological polar surface area (TPSA) is 9.23 Å². The average Bonchev–Trinajstić information content (AvgIpc) is 2.49. The van der Waals surface area contributed by atoms with Gasteiger partial charge in [0.05, 0.1) is 6.61 Å². The van der Waals surface area contributed by atoms with E-state index in [2.05, 4.69) is 19.1 Å². The molecule has 0 heterocycles. The van der Waals surface area contributed by atoms with Gasteiger partial charge in [-0.15, -0.1) is 0 Å². The van der Waals surface area contributed by atoms with Crippen molar-refractivity contribution in [3.8, 4) is 0 Å². The minimum absolute atomic E-state index is 0. The van der Waals surface area contributed by atoms with Crippen LogP contribution in [-0.4, -0.2) is 44.3 Å². The number of hydrogen-bond acceptors (Lipinski definition) is 2. The molecule has 21 heavy (non-hydrogen) atoms. The van der Waals surface area contributed by atoms with Crippen molar-refractivity contribution in [3.63, 3.8) is 0 Å². The molecule has 0 bridgehead atoms. The van der Waals surface area contributed by atoms with Crippen molar-refractivity contribution in [2.24, 2.45) is 0 Å². The first-order valence-electron chi connectivity index (χ1n) is 8.28. The summed E-state index contributed by atoms with van der Waals surface area (Å²) in [6.45, 7) is 3.15. The summed E-state index contributed by atoms with van der Waals surface area (Å²) >= 11 is 1.50. The second-order valence-electron chi connectivity index (χ2n) is 5.40.